The van der Waals surface area contributed by atoms with Crippen molar-refractivity contribution in [3.63, 3.8) is 0 Å². The highest BCUT2D eigenvalue weighted by molar-refractivity contribution is 7.22. The van der Waals surface area contributed by atoms with Crippen LogP contribution in [0.15, 0.2) is 60.7 Å². The summed E-state index contributed by atoms with van der Waals surface area (Å²) in [5.41, 5.74) is 3.04. The average Bonchev–Trinajstić information content (AvgIpc) is 3.51. The van der Waals surface area contributed by atoms with E-state index < -0.39 is 5.97 Å². The van der Waals surface area contributed by atoms with Gasteiger partial charge in [-0.1, -0.05) is 0 Å². The monoisotopic (exact) mass is 461 g/mol. The molecule has 0 saturated heterocycles. The number of nitrogens with zero attached hydrogens (tertiary/aromatic N) is 1. The summed E-state index contributed by atoms with van der Waals surface area (Å²) in [4.78, 5) is 13.1. The minimum Gasteiger partial charge on any atom is -0.491 e. The lowest BCUT2D eigenvalue weighted by Crippen LogP contribution is -2.11. The molecule has 0 atom stereocenters. The molecule has 2 aromatic carbocycles. The second kappa shape index (κ2) is 8.94. The predicted molar refractivity (Wildman–Crippen MR) is 132 cm³/mol. The minimum atomic E-state index is -0.943. The lowest BCUT2D eigenvalue weighted by molar-refractivity contribution is 0.0688. The molecule has 0 unspecified atom stereocenters. The molecule has 0 bridgehead atoms. The molecule has 4 aromatic rings. The first-order chi connectivity index (χ1) is 16.0. The number of thiophene rings is 1. The summed E-state index contributed by atoms with van der Waals surface area (Å²) in [7, 11) is 0. The fourth-order valence-corrected chi connectivity index (χ4v) is 5.50. The van der Waals surface area contributed by atoms with Crippen LogP contribution >= 0.6 is 11.3 Å². The van der Waals surface area contributed by atoms with Crippen molar-refractivity contribution in [3.8, 4) is 27.6 Å². The predicted octanol–water partition coefficient (Wildman–Crippen LogP) is 7.17. The number of hydrogen-bond acceptors (Lipinski definition) is 4. The number of carboxylic acid groups (broad SMARTS) is 1. The third-order valence-corrected chi connectivity index (χ3v) is 7.04. The highest BCUT2D eigenvalue weighted by Gasteiger charge is 2.20. The van der Waals surface area contributed by atoms with Crippen LogP contribution in [0.2, 0.25) is 0 Å². The molecule has 2 heterocycles. The summed E-state index contributed by atoms with van der Waals surface area (Å²) >= 11 is 1.59. The van der Waals surface area contributed by atoms with Crippen molar-refractivity contribution in [2.75, 3.05) is 0 Å². The number of ether oxygens (including phenoxy) is 2. The SMILES string of the molecule is CC(C)Oc1ccc(-c2cc3c(cc(C(=O)O)n3-c3ccc(OC4CCCC4)cc3)s2)cc1. The van der Waals surface area contributed by atoms with Gasteiger partial charge in [0.15, 0.2) is 0 Å². The molecule has 0 aliphatic heterocycles. The van der Waals surface area contributed by atoms with E-state index in [2.05, 4.69) is 6.07 Å². The van der Waals surface area contributed by atoms with Crippen LogP contribution in [-0.4, -0.2) is 27.9 Å². The number of rotatable bonds is 7. The van der Waals surface area contributed by atoms with Crippen molar-refractivity contribution in [2.45, 2.75) is 51.7 Å². The van der Waals surface area contributed by atoms with Crippen LogP contribution in [0.3, 0.4) is 0 Å². The van der Waals surface area contributed by atoms with Crippen molar-refractivity contribution < 1.29 is 19.4 Å². The van der Waals surface area contributed by atoms with Crippen molar-refractivity contribution in [2.24, 2.45) is 0 Å². The number of benzene rings is 2. The Bertz CT molecular complexity index is 1260. The zero-order valence-electron chi connectivity index (χ0n) is 18.8. The first kappa shape index (κ1) is 21.6. The fourth-order valence-electron chi connectivity index (χ4n) is 4.41. The van der Waals surface area contributed by atoms with Crippen LogP contribution in [-0.2, 0) is 0 Å². The third kappa shape index (κ3) is 4.48. The molecular weight excluding hydrogens is 434 g/mol. The Morgan fingerprint density at radius 3 is 2.30 bits per heavy atom. The number of carbonyl (C=O) groups is 1. The van der Waals surface area contributed by atoms with Crippen LogP contribution in [0.5, 0.6) is 11.5 Å². The summed E-state index contributed by atoms with van der Waals surface area (Å²) in [5.74, 6) is 0.731. The lowest BCUT2D eigenvalue weighted by atomic mass is 10.2. The number of carboxylic acids is 1. The second-order valence-electron chi connectivity index (χ2n) is 8.74. The smallest absolute Gasteiger partial charge is 0.352 e. The van der Waals surface area contributed by atoms with Gasteiger partial charge in [-0.05, 0) is 106 Å². The largest absolute Gasteiger partial charge is 0.491 e. The first-order valence-corrected chi connectivity index (χ1v) is 12.2. The number of aromatic carboxylic acids is 1. The van der Waals surface area contributed by atoms with Gasteiger partial charge < -0.3 is 19.1 Å². The van der Waals surface area contributed by atoms with Crippen LogP contribution in [0.25, 0.3) is 26.3 Å². The van der Waals surface area contributed by atoms with Crippen LogP contribution in [0, 0.1) is 0 Å². The number of aromatic nitrogens is 1. The van der Waals surface area contributed by atoms with E-state index in [9.17, 15) is 9.90 Å². The molecule has 5 nitrogen and oxygen atoms in total. The molecule has 0 amide bonds. The van der Waals surface area contributed by atoms with Gasteiger partial charge in [-0.3, -0.25) is 0 Å². The maximum atomic E-state index is 12.0. The van der Waals surface area contributed by atoms with E-state index in [4.69, 9.17) is 9.47 Å². The topological polar surface area (TPSA) is 60.7 Å². The summed E-state index contributed by atoms with van der Waals surface area (Å²) in [6.45, 7) is 4.01. The molecule has 1 aliphatic rings. The Morgan fingerprint density at radius 2 is 1.67 bits per heavy atom. The lowest BCUT2D eigenvalue weighted by Gasteiger charge is -2.14. The van der Waals surface area contributed by atoms with Crippen LogP contribution < -0.4 is 9.47 Å². The molecule has 6 heteroatoms. The molecule has 1 aliphatic carbocycles. The zero-order valence-corrected chi connectivity index (χ0v) is 19.6. The number of fused-ring (bicyclic) bond motifs is 1. The average molecular weight is 462 g/mol. The Labute approximate surface area is 197 Å². The van der Waals surface area contributed by atoms with Gasteiger partial charge in [0, 0.05) is 10.6 Å². The molecule has 5 rings (SSSR count). The van der Waals surface area contributed by atoms with Crippen molar-refractivity contribution in [1.82, 2.24) is 4.57 Å². The highest BCUT2D eigenvalue weighted by atomic mass is 32.1. The molecule has 33 heavy (non-hydrogen) atoms. The van der Waals surface area contributed by atoms with E-state index in [-0.39, 0.29) is 11.8 Å². The van der Waals surface area contributed by atoms with Gasteiger partial charge in [0.2, 0.25) is 0 Å². The molecule has 1 saturated carbocycles. The fraction of sp³-hybridized carbons (Fsp3) is 0.296. The minimum absolute atomic E-state index is 0.129. The van der Waals surface area contributed by atoms with Gasteiger partial charge in [0.05, 0.1) is 22.4 Å². The van der Waals surface area contributed by atoms with Gasteiger partial charge >= 0.3 is 5.97 Å². The van der Waals surface area contributed by atoms with E-state index in [1.165, 1.54) is 12.8 Å². The van der Waals surface area contributed by atoms with E-state index in [0.29, 0.717) is 6.10 Å². The van der Waals surface area contributed by atoms with Crippen LogP contribution in [0.4, 0.5) is 0 Å². The van der Waals surface area contributed by atoms with E-state index in [1.54, 1.807) is 17.4 Å². The second-order valence-corrected chi connectivity index (χ2v) is 9.82. The maximum absolute atomic E-state index is 12.0. The molecule has 0 radical (unpaired) electrons. The van der Waals surface area contributed by atoms with Crippen molar-refractivity contribution in [1.29, 1.82) is 0 Å². The van der Waals surface area contributed by atoms with E-state index in [1.807, 2.05) is 66.9 Å². The van der Waals surface area contributed by atoms with Gasteiger partial charge in [-0.25, -0.2) is 4.79 Å². The summed E-state index contributed by atoms with van der Waals surface area (Å²) < 4.78 is 14.6. The van der Waals surface area contributed by atoms with Crippen LogP contribution in [0.1, 0.15) is 50.0 Å². The van der Waals surface area contributed by atoms with Gasteiger partial charge in [-0.15, -0.1) is 11.3 Å². The molecule has 2 aromatic heterocycles. The maximum Gasteiger partial charge on any atom is 0.352 e. The van der Waals surface area contributed by atoms with E-state index >= 15 is 0 Å². The summed E-state index contributed by atoms with van der Waals surface area (Å²) in [5, 5.41) is 9.82. The van der Waals surface area contributed by atoms with E-state index in [0.717, 1.165) is 50.7 Å². The van der Waals surface area contributed by atoms with Gasteiger partial charge in [0.25, 0.3) is 0 Å². The van der Waals surface area contributed by atoms with Crippen molar-refractivity contribution >= 4 is 27.5 Å². The molecular formula is C27H27NO4S. The Kier molecular flexibility index (Phi) is 5.85. The zero-order chi connectivity index (χ0) is 22.9. The van der Waals surface area contributed by atoms with Gasteiger partial charge in [-0.2, -0.15) is 0 Å². The highest BCUT2D eigenvalue weighted by Crippen LogP contribution is 2.38. The number of hydrogen-bond donors (Lipinski definition) is 1. The third-order valence-electron chi connectivity index (χ3n) is 5.92. The van der Waals surface area contributed by atoms with Crippen molar-refractivity contribution in [3.05, 3.63) is 66.4 Å². The summed E-state index contributed by atoms with van der Waals surface area (Å²) in [6, 6.07) is 19.6. The Balaban J connectivity index is 1.47. The Hall–Kier alpha value is -3.25. The molecule has 0 spiro atoms. The molecule has 1 N–H and O–H groups in total. The summed E-state index contributed by atoms with van der Waals surface area (Å²) in [6.07, 6.45) is 5.07. The Morgan fingerprint density at radius 1 is 1.00 bits per heavy atom. The molecule has 1 fully saturated rings. The normalized spacial score (nSPS) is 14.3. The van der Waals surface area contributed by atoms with Gasteiger partial charge in [0.1, 0.15) is 17.2 Å². The first-order valence-electron chi connectivity index (χ1n) is 11.4. The standard InChI is InChI=1S/C27H27NO4S/c1-17(2)31-21-11-7-18(8-12-21)25-15-23-26(33-25)16-24(27(29)30)28(23)19-9-13-22(14-10-19)32-20-5-3-4-6-20/h7-17,20H,3-6H2,1-2H3,(H,29,30). The quantitative estimate of drug-likeness (QED) is 0.317. The molecule has 170 valence electrons.